The van der Waals surface area contributed by atoms with E-state index in [0.717, 1.165) is 21.2 Å². The molecule has 6 aromatic carbocycles. The zero-order chi connectivity index (χ0) is 29.8. The van der Waals surface area contributed by atoms with Crippen LogP contribution in [0.5, 0.6) is 0 Å². The second-order valence-corrected chi connectivity index (χ2v) is 11.5. The number of para-hydroxylation sites is 4. The third kappa shape index (κ3) is 4.22. The fourth-order valence-electron chi connectivity index (χ4n) is 5.90. The number of fused-ring (bicyclic) bond motifs is 7. The average molecular weight is 637 g/mol. The molecule has 9 rings (SSSR count). The van der Waals surface area contributed by atoms with E-state index in [1.54, 1.807) is 18.2 Å². The standard InChI is InChI=1S/C25H15NO2.C13H7BrO2/c27-25-19-9-3-6-12-23(19)28-24-15-16(13-14-20(24)25)26-21-10-4-1-7-17(21)18-8-2-5-11-22(18)26;14-8-5-6-10-12(7-8)16-11-4-2-1-3-9(11)13(10)15/h1-15H;1-7H. The molecule has 9 aromatic rings. The minimum atomic E-state index is 0.00521. The van der Waals surface area contributed by atoms with Gasteiger partial charge in [-0.3, -0.25) is 9.59 Å². The highest BCUT2D eigenvalue weighted by Crippen LogP contribution is 2.33. The Balaban J connectivity index is 0.000000153. The number of hydrogen-bond acceptors (Lipinski definition) is 4. The van der Waals surface area contributed by atoms with Crippen molar-refractivity contribution < 1.29 is 8.83 Å². The highest BCUT2D eigenvalue weighted by atomic mass is 79.9. The zero-order valence-corrected chi connectivity index (χ0v) is 24.7. The van der Waals surface area contributed by atoms with Gasteiger partial charge in [0.2, 0.25) is 10.9 Å². The quantitative estimate of drug-likeness (QED) is 0.168. The number of hydrogen-bond donors (Lipinski definition) is 0. The Morgan fingerprint density at radius 3 is 1.43 bits per heavy atom. The van der Waals surface area contributed by atoms with Crippen LogP contribution >= 0.6 is 15.9 Å². The molecular weight excluding hydrogens is 614 g/mol. The van der Waals surface area contributed by atoms with E-state index in [9.17, 15) is 9.59 Å². The molecule has 0 radical (unpaired) electrons. The molecule has 0 saturated heterocycles. The molecule has 0 N–H and O–H groups in total. The van der Waals surface area contributed by atoms with Crippen LogP contribution < -0.4 is 10.9 Å². The number of nitrogens with zero attached hydrogens (tertiary/aromatic N) is 1. The second kappa shape index (κ2) is 10.4. The first kappa shape index (κ1) is 26.2. The van der Waals surface area contributed by atoms with Crippen molar-refractivity contribution in [1.29, 1.82) is 0 Å². The van der Waals surface area contributed by atoms with Crippen LogP contribution in [0.4, 0.5) is 0 Å². The zero-order valence-electron chi connectivity index (χ0n) is 23.2. The van der Waals surface area contributed by atoms with E-state index in [0.29, 0.717) is 43.9 Å². The van der Waals surface area contributed by atoms with Crippen molar-refractivity contribution in [2.75, 3.05) is 0 Å². The van der Waals surface area contributed by atoms with Gasteiger partial charge in [-0.05, 0) is 66.7 Å². The topological polar surface area (TPSA) is 65.3 Å². The van der Waals surface area contributed by atoms with Crippen molar-refractivity contribution in [2.24, 2.45) is 0 Å². The maximum Gasteiger partial charge on any atom is 0.200 e. The minimum Gasteiger partial charge on any atom is -0.456 e. The molecule has 0 aliphatic carbocycles. The van der Waals surface area contributed by atoms with Gasteiger partial charge < -0.3 is 13.4 Å². The van der Waals surface area contributed by atoms with Gasteiger partial charge in [0.25, 0.3) is 0 Å². The molecule has 0 fully saturated rings. The smallest absolute Gasteiger partial charge is 0.200 e. The summed E-state index contributed by atoms with van der Waals surface area (Å²) in [6.45, 7) is 0. The van der Waals surface area contributed by atoms with Gasteiger partial charge in [-0.25, -0.2) is 0 Å². The molecule has 3 heterocycles. The Hall–Kier alpha value is -5.46. The fourth-order valence-corrected chi connectivity index (χ4v) is 6.24. The van der Waals surface area contributed by atoms with Crippen molar-refractivity contribution in [1.82, 2.24) is 4.57 Å². The highest BCUT2D eigenvalue weighted by molar-refractivity contribution is 9.10. The molecule has 0 unspecified atom stereocenters. The molecule has 0 aliphatic heterocycles. The highest BCUT2D eigenvalue weighted by Gasteiger charge is 2.14. The van der Waals surface area contributed by atoms with Crippen LogP contribution in [0.15, 0.2) is 156 Å². The van der Waals surface area contributed by atoms with Crippen molar-refractivity contribution in [2.45, 2.75) is 0 Å². The maximum atomic E-state index is 12.8. The summed E-state index contributed by atoms with van der Waals surface area (Å²) in [7, 11) is 0. The van der Waals surface area contributed by atoms with Crippen LogP contribution in [0.2, 0.25) is 0 Å². The molecule has 44 heavy (non-hydrogen) atoms. The van der Waals surface area contributed by atoms with E-state index < -0.39 is 0 Å². The van der Waals surface area contributed by atoms with Gasteiger partial charge in [-0.2, -0.15) is 0 Å². The monoisotopic (exact) mass is 635 g/mol. The summed E-state index contributed by atoms with van der Waals surface area (Å²) < 4.78 is 14.9. The molecule has 0 saturated carbocycles. The van der Waals surface area contributed by atoms with E-state index in [-0.39, 0.29) is 10.9 Å². The second-order valence-electron chi connectivity index (χ2n) is 10.5. The number of aromatic nitrogens is 1. The largest absolute Gasteiger partial charge is 0.456 e. The van der Waals surface area contributed by atoms with E-state index in [4.69, 9.17) is 8.83 Å². The number of benzene rings is 6. The summed E-state index contributed by atoms with van der Waals surface area (Å²) in [6.07, 6.45) is 0. The molecule has 0 spiro atoms. The van der Waals surface area contributed by atoms with E-state index >= 15 is 0 Å². The predicted octanol–water partition coefficient (Wildman–Crippen LogP) is 9.75. The Morgan fingerprint density at radius 1 is 0.432 bits per heavy atom. The summed E-state index contributed by atoms with van der Waals surface area (Å²) in [5.41, 5.74) is 5.70. The summed E-state index contributed by atoms with van der Waals surface area (Å²) >= 11 is 3.36. The third-order valence-electron chi connectivity index (χ3n) is 7.94. The van der Waals surface area contributed by atoms with Crippen molar-refractivity contribution in [3.05, 3.63) is 158 Å². The molecule has 3 aromatic heterocycles. The van der Waals surface area contributed by atoms with Crippen LogP contribution in [0.3, 0.4) is 0 Å². The Morgan fingerprint density at radius 2 is 0.864 bits per heavy atom. The lowest BCUT2D eigenvalue weighted by atomic mass is 10.1. The lowest BCUT2D eigenvalue weighted by Crippen LogP contribution is -2.02. The normalized spacial score (nSPS) is 11.5. The van der Waals surface area contributed by atoms with Crippen LogP contribution in [-0.2, 0) is 0 Å². The molecule has 210 valence electrons. The van der Waals surface area contributed by atoms with Gasteiger partial charge in [0.05, 0.1) is 32.6 Å². The first-order valence-corrected chi connectivity index (χ1v) is 14.9. The van der Waals surface area contributed by atoms with Crippen molar-refractivity contribution >= 4 is 81.6 Å². The Labute approximate surface area is 258 Å². The first-order chi connectivity index (χ1) is 21.6. The number of rotatable bonds is 1. The molecular formula is C38H22BrNO4. The first-order valence-electron chi connectivity index (χ1n) is 14.1. The van der Waals surface area contributed by atoms with E-state index in [1.807, 2.05) is 78.9 Å². The van der Waals surface area contributed by atoms with Gasteiger partial charge in [0.1, 0.15) is 22.3 Å². The van der Waals surface area contributed by atoms with Crippen LogP contribution in [0.25, 0.3) is 71.4 Å². The number of halogens is 1. The summed E-state index contributed by atoms with van der Waals surface area (Å²) in [4.78, 5) is 25.0. The van der Waals surface area contributed by atoms with E-state index in [1.165, 1.54) is 10.8 Å². The Kier molecular flexibility index (Phi) is 6.17. The Bertz CT molecular complexity index is 2630. The summed E-state index contributed by atoms with van der Waals surface area (Å²) in [6, 6.07) is 42.7. The summed E-state index contributed by atoms with van der Waals surface area (Å²) in [5.74, 6) is 0. The molecule has 5 nitrogen and oxygen atoms in total. The lowest BCUT2D eigenvalue weighted by Gasteiger charge is -2.09. The SMILES string of the molecule is O=c1c2ccccc2oc2cc(-n3c4ccccc4c4ccccc43)ccc12.O=c1c2ccccc2oc2cc(Br)ccc12. The van der Waals surface area contributed by atoms with Crippen LogP contribution in [0.1, 0.15) is 0 Å². The van der Waals surface area contributed by atoms with Crippen molar-refractivity contribution in [3.63, 3.8) is 0 Å². The van der Waals surface area contributed by atoms with Gasteiger partial charge in [0.15, 0.2) is 0 Å². The lowest BCUT2D eigenvalue weighted by molar-refractivity contribution is 0.659. The predicted molar refractivity (Wildman–Crippen MR) is 182 cm³/mol. The molecule has 6 heteroatoms. The van der Waals surface area contributed by atoms with Gasteiger partial charge in [0, 0.05) is 27.0 Å². The molecule has 0 aliphatic rings. The molecule has 0 amide bonds. The average Bonchev–Trinajstić information content (AvgIpc) is 3.39. The van der Waals surface area contributed by atoms with Gasteiger partial charge >= 0.3 is 0 Å². The fraction of sp³-hybridized carbons (Fsp3) is 0. The van der Waals surface area contributed by atoms with Crippen LogP contribution in [0, 0.1) is 0 Å². The van der Waals surface area contributed by atoms with Crippen molar-refractivity contribution in [3.8, 4) is 5.69 Å². The molecule has 0 atom stereocenters. The van der Waals surface area contributed by atoms with Crippen LogP contribution in [-0.4, -0.2) is 4.57 Å². The van der Waals surface area contributed by atoms with Gasteiger partial charge in [-0.15, -0.1) is 0 Å². The molecule has 0 bridgehead atoms. The minimum absolute atomic E-state index is 0.00521. The maximum absolute atomic E-state index is 12.8. The third-order valence-corrected chi connectivity index (χ3v) is 8.43. The van der Waals surface area contributed by atoms with E-state index in [2.05, 4.69) is 56.9 Å². The van der Waals surface area contributed by atoms with Gasteiger partial charge in [-0.1, -0.05) is 76.6 Å². The summed E-state index contributed by atoms with van der Waals surface area (Å²) in [5, 5.41) is 4.86.